The molecule has 1 amide bonds. The van der Waals surface area contributed by atoms with Crippen LogP contribution in [-0.4, -0.2) is 10.9 Å². The van der Waals surface area contributed by atoms with Gasteiger partial charge < -0.3 is 5.32 Å². The number of hydrogen-bond acceptors (Lipinski definition) is 2. The average Bonchev–Trinajstić information content (AvgIpc) is 2.37. The van der Waals surface area contributed by atoms with Gasteiger partial charge in [0.25, 0.3) is 5.91 Å². The second-order valence-electron chi connectivity index (χ2n) is 3.91. The summed E-state index contributed by atoms with van der Waals surface area (Å²) in [7, 11) is 0. The Kier molecular flexibility index (Phi) is 4.30. The Labute approximate surface area is 125 Å². The first-order chi connectivity index (χ1) is 8.99. The fourth-order valence-electron chi connectivity index (χ4n) is 1.51. The summed E-state index contributed by atoms with van der Waals surface area (Å²) < 4.78 is 0. The van der Waals surface area contributed by atoms with Gasteiger partial charge in [0.2, 0.25) is 0 Å². The van der Waals surface area contributed by atoms with Crippen molar-refractivity contribution in [2.24, 2.45) is 0 Å². The van der Waals surface area contributed by atoms with E-state index in [2.05, 4.69) is 10.3 Å². The van der Waals surface area contributed by atoms with Gasteiger partial charge in [-0.15, -0.1) is 0 Å². The molecule has 2 rings (SSSR count). The zero-order chi connectivity index (χ0) is 14.0. The van der Waals surface area contributed by atoms with E-state index in [1.54, 1.807) is 30.5 Å². The Balaban J connectivity index is 2.31. The van der Waals surface area contributed by atoms with Crippen LogP contribution in [0.25, 0.3) is 0 Å². The minimum atomic E-state index is -0.387. The van der Waals surface area contributed by atoms with Crippen LogP contribution in [0.4, 0.5) is 5.69 Å². The zero-order valence-electron chi connectivity index (χ0n) is 9.88. The van der Waals surface area contributed by atoms with E-state index < -0.39 is 0 Å². The van der Waals surface area contributed by atoms with E-state index in [-0.39, 0.29) is 21.6 Å². The van der Waals surface area contributed by atoms with Gasteiger partial charge in [-0.1, -0.05) is 40.9 Å². The molecule has 0 saturated heterocycles. The SMILES string of the molecule is Cc1cnc(Cl)c(NC(=O)c2cccc(Cl)c2Cl)c1. The van der Waals surface area contributed by atoms with Gasteiger partial charge in [-0.3, -0.25) is 4.79 Å². The third-order valence-electron chi connectivity index (χ3n) is 2.42. The molecular weight excluding hydrogens is 307 g/mol. The highest BCUT2D eigenvalue weighted by atomic mass is 35.5. The maximum Gasteiger partial charge on any atom is 0.257 e. The maximum absolute atomic E-state index is 12.1. The van der Waals surface area contributed by atoms with Crippen molar-refractivity contribution in [2.45, 2.75) is 6.92 Å². The third kappa shape index (κ3) is 3.18. The summed E-state index contributed by atoms with van der Waals surface area (Å²) in [5.41, 5.74) is 1.60. The first-order valence-corrected chi connectivity index (χ1v) is 6.50. The number of aryl methyl sites for hydroxylation is 1. The van der Waals surface area contributed by atoms with Gasteiger partial charge in [-0.25, -0.2) is 4.98 Å². The summed E-state index contributed by atoms with van der Waals surface area (Å²) in [4.78, 5) is 16.1. The molecule has 3 nitrogen and oxygen atoms in total. The topological polar surface area (TPSA) is 42.0 Å². The highest BCUT2D eigenvalue weighted by molar-refractivity contribution is 6.44. The molecule has 0 spiro atoms. The van der Waals surface area contributed by atoms with Crippen molar-refractivity contribution in [1.82, 2.24) is 4.98 Å². The second-order valence-corrected chi connectivity index (χ2v) is 5.05. The first-order valence-electron chi connectivity index (χ1n) is 5.36. The van der Waals surface area contributed by atoms with E-state index in [0.717, 1.165) is 5.56 Å². The normalized spacial score (nSPS) is 10.3. The number of nitrogens with zero attached hydrogens (tertiary/aromatic N) is 1. The van der Waals surface area contributed by atoms with Gasteiger partial charge >= 0.3 is 0 Å². The van der Waals surface area contributed by atoms with E-state index in [1.165, 1.54) is 0 Å². The largest absolute Gasteiger partial charge is 0.319 e. The Bertz CT molecular complexity index is 644. The number of carbonyl (C=O) groups excluding carboxylic acids is 1. The van der Waals surface area contributed by atoms with Crippen molar-refractivity contribution in [2.75, 3.05) is 5.32 Å². The summed E-state index contributed by atoms with van der Waals surface area (Å²) in [5, 5.41) is 3.41. The number of rotatable bonds is 2. The quantitative estimate of drug-likeness (QED) is 0.823. The Morgan fingerprint density at radius 2 is 2.00 bits per heavy atom. The highest BCUT2D eigenvalue weighted by Crippen LogP contribution is 2.27. The summed E-state index contributed by atoms with van der Waals surface area (Å²) in [6, 6.07) is 6.58. The number of nitrogens with one attached hydrogen (secondary N) is 1. The molecule has 0 bridgehead atoms. The lowest BCUT2D eigenvalue weighted by Gasteiger charge is -2.09. The maximum atomic E-state index is 12.1. The number of hydrogen-bond donors (Lipinski definition) is 1. The monoisotopic (exact) mass is 314 g/mol. The van der Waals surface area contributed by atoms with E-state index in [4.69, 9.17) is 34.8 Å². The van der Waals surface area contributed by atoms with Gasteiger partial charge in [0.1, 0.15) is 0 Å². The molecule has 1 aromatic carbocycles. The predicted molar refractivity (Wildman–Crippen MR) is 78.4 cm³/mol. The minimum absolute atomic E-state index is 0.207. The molecule has 1 aromatic heterocycles. The van der Waals surface area contributed by atoms with Crippen LogP contribution in [0.5, 0.6) is 0 Å². The lowest BCUT2D eigenvalue weighted by Crippen LogP contribution is -2.13. The van der Waals surface area contributed by atoms with Crippen molar-refractivity contribution in [1.29, 1.82) is 0 Å². The number of carbonyl (C=O) groups is 1. The van der Waals surface area contributed by atoms with Crippen LogP contribution in [0.15, 0.2) is 30.5 Å². The molecule has 2 aromatic rings. The number of halogens is 3. The van der Waals surface area contributed by atoms with E-state index in [9.17, 15) is 4.79 Å². The van der Waals surface area contributed by atoms with Crippen molar-refractivity contribution >= 4 is 46.4 Å². The Hall–Kier alpha value is -1.29. The van der Waals surface area contributed by atoms with E-state index in [0.29, 0.717) is 10.7 Å². The predicted octanol–water partition coefficient (Wildman–Crippen LogP) is 4.60. The van der Waals surface area contributed by atoms with Crippen LogP contribution in [0, 0.1) is 6.92 Å². The molecule has 0 saturated carbocycles. The van der Waals surface area contributed by atoms with Gasteiger partial charge in [0.15, 0.2) is 5.15 Å². The Morgan fingerprint density at radius 1 is 1.26 bits per heavy atom. The average molecular weight is 316 g/mol. The van der Waals surface area contributed by atoms with Crippen LogP contribution in [0.1, 0.15) is 15.9 Å². The summed E-state index contributed by atoms with van der Waals surface area (Å²) in [6.07, 6.45) is 1.62. The molecule has 0 aliphatic heterocycles. The lowest BCUT2D eigenvalue weighted by molar-refractivity contribution is 0.102. The highest BCUT2D eigenvalue weighted by Gasteiger charge is 2.14. The number of pyridine rings is 1. The van der Waals surface area contributed by atoms with Crippen molar-refractivity contribution < 1.29 is 4.79 Å². The van der Waals surface area contributed by atoms with Crippen molar-refractivity contribution in [3.8, 4) is 0 Å². The first kappa shape index (κ1) is 14.1. The van der Waals surface area contributed by atoms with Crippen LogP contribution in [0.2, 0.25) is 15.2 Å². The van der Waals surface area contributed by atoms with E-state index >= 15 is 0 Å². The molecule has 6 heteroatoms. The van der Waals surface area contributed by atoms with Crippen LogP contribution >= 0.6 is 34.8 Å². The van der Waals surface area contributed by atoms with Gasteiger partial charge in [0, 0.05) is 6.20 Å². The number of aromatic nitrogens is 1. The standard InChI is InChI=1S/C13H9Cl3N2O/c1-7-5-10(12(16)17-6-7)18-13(19)8-3-2-4-9(14)11(8)15/h2-6H,1H3,(H,18,19). The fourth-order valence-corrected chi connectivity index (χ4v) is 2.05. The molecule has 1 N–H and O–H groups in total. The van der Waals surface area contributed by atoms with Crippen molar-refractivity contribution in [3.05, 3.63) is 56.8 Å². The molecule has 0 fully saturated rings. The smallest absolute Gasteiger partial charge is 0.257 e. The summed E-state index contributed by atoms with van der Waals surface area (Å²) >= 11 is 17.8. The Morgan fingerprint density at radius 3 is 2.74 bits per heavy atom. The van der Waals surface area contributed by atoms with Crippen LogP contribution < -0.4 is 5.32 Å². The number of anilines is 1. The molecule has 1 heterocycles. The summed E-state index contributed by atoms with van der Waals surface area (Å²) in [5.74, 6) is -0.387. The number of amides is 1. The van der Waals surface area contributed by atoms with Crippen molar-refractivity contribution in [3.63, 3.8) is 0 Å². The zero-order valence-corrected chi connectivity index (χ0v) is 12.1. The van der Waals surface area contributed by atoms with Gasteiger partial charge in [0.05, 0.1) is 21.3 Å². The van der Waals surface area contributed by atoms with Gasteiger partial charge in [-0.05, 0) is 30.7 Å². The number of benzene rings is 1. The lowest BCUT2D eigenvalue weighted by atomic mass is 10.2. The fraction of sp³-hybridized carbons (Fsp3) is 0.0769. The molecule has 0 aliphatic rings. The molecule has 0 unspecified atom stereocenters. The van der Waals surface area contributed by atoms with Crippen LogP contribution in [-0.2, 0) is 0 Å². The molecule has 0 aliphatic carbocycles. The van der Waals surface area contributed by atoms with E-state index in [1.807, 2.05) is 6.92 Å². The molecule has 19 heavy (non-hydrogen) atoms. The molecule has 0 atom stereocenters. The molecule has 98 valence electrons. The summed E-state index contributed by atoms with van der Waals surface area (Å²) in [6.45, 7) is 1.85. The van der Waals surface area contributed by atoms with Crippen LogP contribution in [0.3, 0.4) is 0 Å². The van der Waals surface area contributed by atoms with Gasteiger partial charge in [-0.2, -0.15) is 0 Å². The second kappa shape index (κ2) is 5.78. The molecule has 0 radical (unpaired) electrons. The third-order valence-corrected chi connectivity index (χ3v) is 3.54. The minimum Gasteiger partial charge on any atom is -0.319 e. The molecular formula is C13H9Cl3N2O.